The van der Waals surface area contributed by atoms with E-state index < -0.39 is 0 Å². The smallest absolute Gasteiger partial charge is 0.270 e. The fraction of sp³-hybridized carbons (Fsp3) is 0.111. The minimum Gasteiger partial charge on any atom is -0.495 e. The first kappa shape index (κ1) is 17.6. The van der Waals surface area contributed by atoms with Crippen molar-refractivity contribution >= 4 is 29.1 Å². The zero-order chi connectivity index (χ0) is 18.4. The van der Waals surface area contributed by atoms with Gasteiger partial charge in [-0.1, -0.05) is 17.7 Å². The Morgan fingerprint density at radius 2 is 2.04 bits per heavy atom. The van der Waals surface area contributed by atoms with Crippen LogP contribution in [0.1, 0.15) is 16.2 Å². The van der Waals surface area contributed by atoms with Gasteiger partial charge >= 0.3 is 0 Å². The van der Waals surface area contributed by atoms with Crippen molar-refractivity contribution in [2.75, 3.05) is 12.4 Å². The number of carbonyl (C=O) groups excluding carboxylic acids is 1. The Morgan fingerprint density at radius 1 is 1.15 bits per heavy atom. The van der Waals surface area contributed by atoms with Gasteiger partial charge in [0.25, 0.3) is 5.91 Å². The van der Waals surface area contributed by atoms with Gasteiger partial charge in [0.15, 0.2) is 0 Å². The topological polar surface area (TPSA) is 89.0 Å². The van der Waals surface area contributed by atoms with Gasteiger partial charge in [0.1, 0.15) is 11.4 Å². The van der Waals surface area contributed by atoms with E-state index in [1.54, 1.807) is 31.5 Å². The number of carbonyl (C=O) groups is 1. The lowest BCUT2D eigenvalue weighted by atomic mass is 10.3. The maximum absolute atomic E-state index is 12.3. The summed E-state index contributed by atoms with van der Waals surface area (Å²) in [5.41, 5.74) is 1.60. The molecule has 1 aromatic carbocycles. The van der Waals surface area contributed by atoms with Crippen molar-refractivity contribution < 1.29 is 9.53 Å². The molecule has 0 atom stereocenters. The predicted molar refractivity (Wildman–Crippen MR) is 98.7 cm³/mol. The summed E-state index contributed by atoms with van der Waals surface area (Å²) in [4.78, 5) is 24.8. The van der Waals surface area contributed by atoms with Crippen LogP contribution in [-0.4, -0.2) is 28.0 Å². The molecule has 2 N–H and O–H groups in total. The number of nitrogens with one attached hydrogen (secondary N) is 2. The van der Waals surface area contributed by atoms with E-state index in [-0.39, 0.29) is 17.5 Å². The number of halogens is 1. The Morgan fingerprint density at radius 3 is 2.81 bits per heavy atom. The van der Waals surface area contributed by atoms with Crippen LogP contribution in [0.15, 0.2) is 54.9 Å². The van der Waals surface area contributed by atoms with E-state index >= 15 is 0 Å². The summed E-state index contributed by atoms with van der Waals surface area (Å²) in [5.74, 6) is 0.526. The summed E-state index contributed by atoms with van der Waals surface area (Å²) >= 11 is 6.01. The molecule has 0 fully saturated rings. The van der Waals surface area contributed by atoms with Gasteiger partial charge in [-0.25, -0.2) is 9.97 Å². The zero-order valence-corrected chi connectivity index (χ0v) is 14.7. The van der Waals surface area contributed by atoms with Crippen molar-refractivity contribution in [3.05, 3.63) is 71.3 Å². The van der Waals surface area contributed by atoms with Crippen LogP contribution >= 0.6 is 11.6 Å². The minimum atomic E-state index is -0.320. The number of pyridine rings is 1. The van der Waals surface area contributed by atoms with E-state index in [9.17, 15) is 4.79 Å². The third-order valence-electron chi connectivity index (χ3n) is 3.45. The highest BCUT2D eigenvalue weighted by Gasteiger charge is 2.11. The van der Waals surface area contributed by atoms with Gasteiger partial charge in [-0.2, -0.15) is 0 Å². The molecule has 0 aliphatic heterocycles. The summed E-state index contributed by atoms with van der Waals surface area (Å²) in [6.45, 7) is 0.314. The second-order valence-corrected chi connectivity index (χ2v) is 5.68. The summed E-state index contributed by atoms with van der Waals surface area (Å²) in [6, 6.07) is 12.2. The van der Waals surface area contributed by atoms with Crippen LogP contribution in [0.4, 0.5) is 11.6 Å². The van der Waals surface area contributed by atoms with Crippen molar-refractivity contribution in [3.63, 3.8) is 0 Å². The fourth-order valence-corrected chi connectivity index (χ4v) is 2.38. The largest absolute Gasteiger partial charge is 0.495 e. The molecule has 0 saturated heterocycles. The van der Waals surface area contributed by atoms with Gasteiger partial charge in [0, 0.05) is 17.4 Å². The molecule has 0 spiro atoms. The molecule has 132 valence electrons. The van der Waals surface area contributed by atoms with Crippen LogP contribution in [0.3, 0.4) is 0 Å². The van der Waals surface area contributed by atoms with E-state index in [1.165, 1.54) is 12.3 Å². The quantitative estimate of drug-likeness (QED) is 0.693. The van der Waals surface area contributed by atoms with Gasteiger partial charge in [-0.05, 0) is 36.4 Å². The van der Waals surface area contributed by atoms with Crippen LogP contribution in [0.25, 0.3) is 0 Å². The summed E-state index contributed by atoms with van der Waals surface area (Å²) in [6.07, 6.45) is 3.18. The molecule has 0 aliphatic rings. The summed E-state index contributed by atoms with van der Waals surface area (Å²) in [7, 11) is 1.55. The number of hydrogen-bond acceptors (Lipinski definition) is 6. The molecule has 3 rings (SSSR count). The van der Waals surface area contributed by atoms with Crippen LogP contribution < -0.4 is 15.4 Å². The number of benzene rings is 1. The van der Waals surface area contributed by atoms with Crippen molar-refractivity contribution in [2.45, 2.75) is 6.54 Å². The molecule has 0 saturated carbocycles. The van der Waals surface area contributed by atoms with Gasteiger partial charge < -0.3 is 15.4 Å². The predicted octanol–water partition coefficient (Wildman–Crippen LogP) is 3.21. The van der Waals surface area contributed by atoms with Crippen molar-refractivity contribution in [3.8, 4) is 5.75 Å². The number of rotatable bonds is 6. The molecule has 0 aliphatic carbocycles. The highest BCUT2D eigenvalue weighted by atomic mass is 35.5. The molecule has 1 amide bonds. The Hall–Kier alpha value is -3.19. The molecule has 0 radical (unpaired) electrons. The van der Waals surface area contributed by atoms with Crippen LogP contribution in [0.2, 0.25) is 5.02 Å². The summed E-state index contributed by atoms with van der Waals surface area (Å²) in [5, 5.41) is 6.32. The number of aromatic nitrogens is 3. The Bertz CT molecular complexity index is 905. The average molecular weight is 370 g/mol. The Kier molecular flexibility index (Phi) is 5.60. The van der Waals surface area contributed by atoms with Crippen LogP contribution in [-0.2, 0) is 6.54 Å². The number of ether oxygens (including phenoxy) is 1. The SMILES string of the molecule is COc1ccc(Cl)cc1Nc1nccc(C(=O)NCc2ccccn2)n1. The molecular formula is C18H16ClN5O2. The molecule has 8 heteroatoms. The molecule has 0 unspecified atom stereocenters. The monoisotopic (exact) mass is 369 g/mol. The number of amides is 1. The number of hydrogen-bond donors (Lipinski definition) is 2. The first-order chi connectivity index (χ1) is 12.7. The summed E-state index contributed by atoms with van der Waals surface area (Å²) < 4.78 is 5.27. The highest BCUT2D eigenvalue weighted by molar-refractivity contribution is 6.31. The Balaban J connectivity index is 1.72. The van der Waals surface area contributed by atoms with Crippen LogP contribution in [0, 0.1) is 0 Å². The number of anilines is 2. The van der Waals surface area contributed by atoms with Gasteiger partial charge in [0.2, 0.25) is 5.95 Å². The molecule has 0 bridgehead atoms. The van der Waals surface area contributed by atoms with E-state index in [0.717, 1.165) is 5.69 Å². The van der Waals surface area contributed by atoms with Crippen LogP contribution in [0.5, 0.6) is 5.75 Å². The molecular weight excluding hydrogens is 354 g/mol. The normalized spacial score (nSPS) is 10.2. The molecule has 2 heterocycles. The molecule has 26 heavy (non-hydrogen) atoms. The third-order valence-corrected chi connectivity index (χ3v) is 3.69. The standard InChI is InChI=1S/C18H16ClN5O2/c1-26-16-6-5-12(19)10-15(16)24-18-21-9-7-14(23-18)17(25)22-11-13-4-2-3-8-20-13/h2-10H,11H2,1H3,(H,22,25)(H,21,23,24). The van der Waals surface area contributed by atoms with Gasteiger partial charge in [0.05, 0.1) is 25.0 Å². The minimum absolute atomic E-state index is 0.236. The fourth-order valence-electron chi connectivity index (χ4n) is 2.21. The van der Waals surface area contributed by atoms with Gasteiger partial charge in [-0.15, -0.1) is 0 Å². The average Bonchev–Trinajstić information content (AvgIpc) is 2.67. The lowest BCUT2D eigenvalue weighted by Crippen LogP contribution is -2.24. The van der Waals surface area contributed by atoms with E-state index in [2.05, 4.69) is 25.6 Å². The number of methoxy groups -OCH3 is 1. The van der Waals surface area contributed by atoms with Gasteiger partial charge in [-0.3, -0.25) is 9.78 Å². The van der Waals surface area contributed by atoms with E-state index in [4.69, 9.17) is 16.3 Å². The zero-order valence-electron chi connectivity index (χ0n) is 13.9. The lowest BCUT2D eigenvalue weighted by Gasteiger charge is -2.11. The van der Waals surface area contributed by atoms with Crippen molar-refractivity contribution in [1.82, 2.24) is 20.3 Å². The maximum Gasteiger partial charge on any atom is 0.270 e. The van der Waals surface area contributed by atoms with E-state index in [0.29, 0.717) is 23.0 Å². The lowest BCUT2D eigenvalue weighted by molar-refractivity contribution is 0.0945. The molecule has 7 nitrogen and oxygen atoms in total. The second kappa shape index (κ2) is 8.26. The highest BCUT2D eigenvalue weighted by Crippen LogP contribution is 2.29. The number of nitrogens with zero attached hydrogens (tertiary/aromatic N) is 3. The first-order valence-electron chi connectivity index (χ1n) is 7.77. The molecule has 2 aromatic heterocycles. The Labute approximate surface area is 155 Å². The second-order valence-electron chi connectivity index (χ2n) is 5.24. The van der Waals surface area contributed by atoms with Crippen molar-refractivity contribution in [2.24, 2.45) is 0 Å². The first-order valence-corrected chi connectivity index (χ1v) is 8.15. The third kappa shape index (κ3) is 4.46. The van der Waals surface area contributed by atoms with Crippen molar-refractivity contribution in [1.29, 1.82) is 0 Å². The van der Waals surface area contributed by atoms with E-state index in [1.807, 2.05) is 18.2 Å². The molecule has 3 aromatic rings. The maximum atomic E-state index is 12.3.